The highest BCUT2D eigenvalue weighted by Crippen LogP contribution is 2.59. The number of carbonyl (C=O) groups excluding carboxylic acids is 4. The van der Waals surface area contributed by atoms with Crippen molar-refractivity contribution in [2.75, 3.05) is 25.2 Å². The van der Waals surface area contributed by atoms with E-state index in [-0.39, 0.29) is 53.6 Å². The highest BCUT2D eigenvalue weighted by Gasteiger charge is 2.58. The van der Waals surface area contributed by atoms with Crippen LogP contribution in [0.25, 0.3) is 0 Å². The number of rotatable bonds is 9. The molecule has 2 aromatic rings. The summed E-state index contributed by atoms with van der Waals surface area (Å²) < 4.78 is 5.25. The minimum Gasteiger partial charge on any atom is -0.508 e. The zero-order valence-corrected chi connectivity index (χ0v) is 30.7. The van der Waals surface area contributed by atoms with Crippen molar-refractivity contribution >= 4 is 35.4 Å². The van der Waals surface area contributed by atoms with Gasteiger partial charge in [-0.05, 0) is 121 Å². The first-order valence-electron chi connectivity index (χ1n) is 18.5. The fourth-order valence-corrected chi connectivity index (χ4v) is 10.6. The lowest BCUT2D eigenvalue weighted by Gasteiger charge is -2.56. The number of fused-ring (bicyclic) bond motifs is 6. The van der Waals surface area contributed by atoms with Crippen LogP contribution in [0.4, 0.5) is 10.5 Å². The number of hydrogen-bond acceptors (Lipinski definition) is 7. The van der Waals surface area contributed by atoms with Crippen LogP contribution in [0.1, 0.15) is 101 Å². The number of imide groups is 1. The highest BCUT2D eigenvalue weighted by atomic mass is 16.5. The summed E-state index contributed by atoms with van der Waals surface area (Å²) in [6, 6.07) is 11.5. The molecule has 52 heavy (non-hydrogen) atoms. The van der Waals surface area contributed by atoms with Gasteiger partial charge in [-0.25, -0.2) is 4.79 Å². The molecule has 2 saturated carbocycles. The van der Waals surface area contributed by atoms with Gasteiger partial charge in [0.05, 0.1) is 10.8 Å². The Kier molecular flexibility index (Phi) is 10.2. The van der Waals surface area contributed by atoms with Gasteiger partial charge in [0, 0.05) is 5.69 Å². The number of hydrogen-bond donors (Lipinski definition) is 6. The molecule has 280 valence electrons. The molecule has 6 rings (SSSR count). The van der Waals surface area contributed by atoms with Gasteiger partial charge in [-0.3, -0.25) is 24.5 Å². The minimum atomic E-state index is -1.32. The molecule has 4 aliphatic carbocycles. The van der Waals surface area contributed by atoms with E-state index in [0.29, 0.717) is 18.5 Å². The van der Waals surface area contributed by atoms with Gasteiger partial charge in [0.25, 0.3) is 0 Å². The first-order chi connectivity index (χ1) is 24.6. The fraction of sp³-hybridized carbons (Fsp3) is 0.575. The van der Waals surface area contributed by atoms with E-state index in [1.54, 1.807) is 6.07 Å². The van der Waals surface area contributed by atoms with E-state index in [1.807, 2.05) is 49.5 Å². The third-order valence-electron chi connectivity index (χ3n) is 13.3. The third kappa shape index (κ3) is 6.77. The second kappa shape index (κ2) is 14.2. The Morgan fingerprint density at radius 2 is 1.31 bits per heavy atom. The second-order valence-electron chi connectivity index (χ2n) is 16.4. The Bertz CT molecular complexity index is 1780. The minimum absolute atomic E-state index is 0.0171. The van der Waals surface area contributed by atoms with Crippen LogP contribution in [-0.2, 0) is 47.6 Å². The lowest BCUT2D eigenvalue weighted by Crippen LogP contribution is -2.60. The number of nitrogens with one attached hydrogen (secondary N) is 4. The van der Waals surface area contributed by atoms with Crippen LogP contribution >= 0.6 is 0 Å². The van der Waals surface area contributed by atoms with E-state index in [0.717, 1.165) is 62.5 Å². The van der Waals surface area contributed by atoms with Gasteiger partial charge in [-0.15, -0.1) is 0 Å². The first kappa shape index (κ1) is 37.3. The molecule has 5 amide bonds. The van der Waals surface area contributed by atoms with Crippen molar-refractivity contribution in [3.8, 4) is 5.75 Å². The topological polar surface area (TPSA) is 183 Å². The van der Waals surface area contributed by atoms with E-state index < -0.39 is 35.3 Å². The third-order valence-corrected chi connectivity index (χ3v) is 13.3. The molecule has 12 heteroatoms. The van der Waals surface area contributed by atoms with Crippen molar-refractivity contribution < 1.29 is 38.9 Å². The van der Waals surface area contributed by atoms with Gasteiger partial charge in [-0.1, -0.05) is 52.7 Å². The summed E-state index contributed by atoms with van der Waals surface area (Å²) in [5, 5.41) is 29.1. The van der Waals surface area contributed by atoms with E-state index >= 15 is 0 Å². The van der Waals surface area contributed by atoms with Crippen LogP contribution in [0.2, 0.25) is 0 Å². The fourth-order valence-electron chi connectivity index (χ4n) is 10.6. The average molecular weight is 717 g/mol. The van der Waals surface area contributed by atoms with E-state index in [4.69, 9.17) is 9.84 Å². The summed E-state index contributed by atoms with van der Waals surface area (Å²) in [7, 11) is 0. The smallest absolute Gasteiger partial charge is 0.405 e. The molecule has 2 fully saturated rings. The monoisotopic (exact) mass is 716 g/mol. The molecule has 0 saturated heterocycles. The Morgan fingerprint density at radius 1 is 0.750 bits per heavy atom. The molecule has 6 N–H and O–H groups in total. The molecule has 0 heterocycles. The number of ether oxygens (including phenoxy) is 1. The largest absolute Gasteiger partial charge is 0.508 e. The van der Waals surface area contributed by atoms with Crippen molar-refractivity contribution in [2.24, 2.45) is 22.7 Å². The second-order valence-corrected chi connectivity index (χ2v) is 16.4. The van der Waals surface area contributed by atoms with Crippen molar-refractivity contribution in [3.63, 3.8) is 0 Å². The number of carbonyl (C=O) groups is 5. The molecular formula is C40H52N4O8. The maximum atomic E-state index is 14.5. The molecule has 0 aromatic heterocycles. The first-order valence-corrected chi connectivity index (χ1v) is 18.5. The summed E-state index contributed by atoms with van der Waals surface area (Å²) in [4.78, 5) is 63.7. The summed E-state index contributed by atoms with van der Waals surface area (Å²) >= 11 is 0. The zero-order valence-electron chi connectivity index (χ0n) is 30.7. The normalized spacial score (nSPS) is 30.3. The summed E-state index contributed by atoms with van der Waals surface area (Å²) in [6.45, 7) is 7.51. The predicted octanol–water partition coefficient (Wildman–Crippen LogP) is 5.05. The van der Waals surface area contributed by atoms with E-state index in [1.165, 1.54) is 11.1 Å². The van der Waals surface area contributed by atoms with Gasteiger partial charge in [0.15, 0.2) is 0 Å². The van der Waals surface area contributed by atoms with Crippen molar-refractivity contribution in [1.29, 1.82) is 0 Å². The van der Waals surface area contributed by atoms with Crippen molar-refractivity contribution in [1.82, 2.24) is 16.0 Å². The number of aromatic hydroxyl groups is 1. The molecule has 0 radical (unpaired) electrons. The average Bonchev–Trinajstić information content (AvgIpc) is 3.09. The maximum absolute atomic E-state index is 14.5. The van der Waals surface area contributed by atoms with Crippen LogP contribution in [-0.4, -0.2) is 59.8 Å². The number of aryl methyl sites for hydroxylation is 2. The molecule has 4 aliphatic rings. The highest BCUT2D eigenvalue weighted by molar-refractivity contribution is 6.01. The maximum Gasteiger partial charge on any atom is 0.405 e. The molecule has 12 nitrogen and oxygen atoms in total. The number of anilines is 1. The number of phenolic OH excluding ortho intramolecular Hbond substituents is 1. The molecule has 2 aromatic carbocycles. The SMILES string of the molecule is C[C@]1(C(=O)NC(=O)[C@@]2(C)CCC[C@]3(C)c4cc(NC(=O)COCNC(=O)CNC(=O)O)ccc4CC[C@@H]23)CCC[C@]2(C)c3cc(O)ccc3CC[C@@H]12. The van der Waals surface area contributed by atoms with Crippen molar-refractivity contribution in [3.05, 3.63) is 58.7 Å². The van der Waals surface area contributed by atoms with Gasteiger partial charge in [-0.2, -0.15) is 0 Å². The van der Waals surface area contributed by atoms with Gasteiger partial charge < -0.3 is 30.9 Å². The van der Waals surface area contributed by atoms with Gasteiger partial charge in [0.1, 0.15) is 25.6 Å². The Labute approximate surface area is 304 Å². The summed E-state index contributed by atoms with van der Waals surface area (Å²) in [5.41, 5.74) is 3.14. The standard InChI is InChI=1S/C40H52N4O8/c1-37-15-5-17-39(3,34(48)44-35(49)40(4)18-6-16-38(2)29-20-27(45)12-8-25(29)10-14-31(38)40)30(37)13-9-24-7-11-26(19-28(24)37)43-33(47)22-52-23-42-32(46)21-41-36(50)51/h7-8,11-12,19-20,30-31,41,45H,5-6,9-10,13-18,21-23H2,1-4H3,(H,42,46)(H,43,47)(H,50,51)(H,44,48,49)/t30-,31-,37-,38-,39+,40+/m1/s1. The predicted molar refractivity (Wildman–Crippen MR) is 194 cm³/mol. The molecule has 0 aliphatic heterocycles. The van der Waals surface area contributed by atoms with Crippen molar-refractivity contribution in [2.45, 2.75) is 103 Å². The number of carboxylic acid groups (broad SMARTS) is 1. The molecule has 0 spiro atoms. The molecule has 0 unspecified atom stereocenters. The van der Waals surface area contributed by atoms with Crippen LogP contribution in [0.15, 0.2) is 36.4 Å². The lowest BCUT2D eigenvalue weighted by molar-refractivity contribution is -0.150. The Morgan fingerprint density at radius 3 is 1.88 bits per heavy atom. The quantitative estimate of drug-likeness (QED) is 0.118. The van der Waals surface area contributed by atoms with Gasteiger partial charge >= 0.3 is 6.09 Å². The molecule has 0 bridgehead atoms. The molecular weight excluding hydrogens is 664 g/mol. The van der Waals surface area contributed by atoms with E-state index in [2.05, 4.69) is 29.8 Å². The molecule has 6 atom stereocenters. The van der Waals surface area contributed by atoms with Crippen LogP contribution in [0, 0.1) is 22.7 Å². The Balaban J connectivity index is 1.13. The van der Waals surface area contributed by atoms with Crippen LogP contribution in [0.3, 0.4) is 0 Å². The van der Waals surface area contributed by atoms with Crippen LogP contribution < -0.4 is 21.3 Å². The van der Waals surface area contributed by atoms with Gasteiger partial charge in [0.2, 0.25) is 23.6 Å². The number of amides is 5. The number of phenols is 1. The lowest BCUT2D eigenvalue weighted by atomic mass is 9.49. The van der Waals surface area contributed by atoms with E-state index in [9.17, 15) is 29.1 Å². The summed E-state index contributed by atoms with van der Waals surface area (Å²) in [5.74, 6) is -1.12. The summed E-state index contributed by atoms with van der Waals surface area (Å²) in [6.07, 6.45) is 6.87. The zero-order chi connectivity index (χ0) is 37.5. The Hall–Kier alpha value is -4.45. The number of benzene rings is 2. The van der Waals surface area contributed by atoms with Crippen LogP contribution in [0.5, 0.6) is 5.75 Å².